The molecule has 0 bridgehead atoms. The maximum Gasteiger partial charge on any atom is 0.261 e. The number of nitrogens with zero attached hydrogens (tertiary/aromatic N) is 1. The Labute approximate surface area is 226 Å². The van der Waals surface area contributed by atoms with Gasteiger partial charge in [0, 0.05) is 28.5 Å². The molecule has 3 aromatic rings. The van der Waals surface area contributed by atoms with E-state index in [4.69, 9.17) is 16.3 Å². The molecule has 1 atom stereocenters. The predicted octanol–water partition coefficient (Wildman–Crippen LogP) is 6.26. The van der Waals surface area contributed by atoms with Crippen molar-refractivity contribution in [2.24, 2.45) is 0 Å². The number of rotatable bonds is 10. The summed E-state index contributed by atoms with van der Waals surface area (Å²) in [6, 6.07) is 20.3. The Bertz CT molecular complexity index is 1160. The van der Waals surface area contributed by atoms with E-state index < -0.39 is 6.04 Å². The van der Waals surface area contributed by atoms with Gasteiger partial charge in [0.05, 0.1) is 0 Å². The SMILES string of the molecule is Cc1cc(OCC(=O)N(Cc2ccc(Br)cc2)[C@@H](Cc2ccccc2)C(=O)NC(C)C)cc(C)c1Cl. The highest BCUT2D eigenvalue weighted by molar-refractivity contribution is 9.10. The molecule has 0 spiro atoms. The first kappa shape index (κ1) is 27.8. The van der Waals surface area contributed by atoms with E-state index in [9.17, 15) is 9.59 Å². The number of halogens is 2. The van der Waals surface area contributed by atoms with Crippen molar-refractivity contribution in [2.75, 3.05) is 6.61 Å². The Morgan fingerprint density at radius 3 is 2.17 bits per heavy atom. The van der Waals surface area contributed by atoms with Crippen LogP contribution in [0.4, 0.5) is 0 Å². The van der Waals surface area contributed by atoms with Gasteiger partial charge < -0.3 is 15.0 Å². The van der Waals surface area contributed by atoms with E-state index in [-0.39, 0.29) is 31.0 Å². The van der Waals surface area contributed by atoms with Crippen molar-refractivity contribution in [1.29, 1.82) is 0 Å². The first-order valence-electron chi connectivity index (χ1n) is 11.9. The van der Waals surface area contributed by atoms with Gasteiger partial charge in [0.25, 0.3) is 5.91 Å². The zero-order valence-corrected chi connectivity index (χ0v) is 23.4. The van der Waals surface area contributed by atoms with Crippen molar-refractivity contribution < 1.29 is 14.3 Å². The maximum atomic E-state index is 13.6. The second kappa shape index (κ2) is 12.9. The van der Waals surface area contributed by atoms with Crippen LogP contribution >= 0.6 is 27.5 Å². The molecule has 0 aliphatic carbocycles. The van der Waals surface area contributed by atoms with Gasteiger partial charge in [-0.1, -0.05) is 70.0 Å². The molecule has 0 aliphatic rings. The van der Waals surface area contributed by atoms with Crippen molar-refractivity contribution in [1.82, 2.24) is 10.2 Å². The molecule has 0 fully saturated rings. The normalized spacial score (nSPS) is 11.8. The molecule has 7 heteroatoms. The van der Waals surface area contributed by atoms with Crippen molar-refractivity contribution in [3.63, 3.8) is 0 Å². The van der Waals surface area contributed by atoms with Gasteiger partial charge in [-0.05, 0) is 74.2 Å². The quantitative estimate of drug-likeness (QED) is 0.312. The Kier molecular flexibility index (Phi) is 9.97. The van der Waals surface area contributed by atoms with E-state index in [0.29, 0.717) is 17.2 Å². The van der Waals surface area contributed by atoms with Crippen molar-refractivity contribution in [3.8, 4) is 5.75 Å². The van der Waals surface area contributed by atoms with Gasteiger partial charge in [-0.15, -0.1) is 0 Å². The van der Waals surface area contributed by atoms with E-state index in [1.54, 1.807) is 4.90 Å². The van der Waals surface area contributed by atoms with Crippen LogP contribution in [-0.2, 0) is 22.6 Å². The Balaban J connectivity index is 1.91. The van der Waals surface area contributed by atoms with E-state index in [2.05, 4.69) is 21.2 Å². The van der Waals surface area contributed by atoms with Crippen LogP contribution in [-0.4, -0.2) is 35.4 Å². The average Bonchev–Trinajstić information content (AvgIpc) is 2.84. The Morgan fingerprint density at radius 1 is 0.972 bits per heavy atom. The highest BCUT2D eigenvalue weighted by atomic mass is 79.9. The van der Waals surface area contributed by atoms with E-state index in [1.165, 1.54) is 0 Å². The van der Waals surface area contributed by atoms with E-state index in [1.807, 2.05) is 94.4 Å². The zero-order chi connectivity index (χ0) is 26.2. The van der Waals surface area contributed by atoms with Crippen molar-refractivity contribution >= 4 is 39.3 Å². The van der Waals surface area contributed by atoms with Gasteiger partial charge in [0.15, 0.2) is 6.61 Å². The number of nitrogens with one attached hydrogen (secondary N) is 1. The third-order valence-electron chi connectivity index (χ3n) is 5.74. The van der Waals surface area contributed by atoms with Crippen LogP contribution in [0, 0.1) is 13.8 Å². The topological polar surface area (TPSA) is 58.6 Å². The van der Waals surface area contributed by atoms with Crippen LogP contribution < -0.4 is 10.1 Å². The molecular formula is C29H32BrClN2O3. The summed E-state index contributed by atoms with van der Waals surface area (Å²) < 4.78 is 6.84. The second-order valence-electron chi connectivity index (χ2n) is 9.18. The standard InChI is InChI=1S/C29H32BrClN2O3/c1-19(2)32-29(35)26(16-22-8-6-5-7-9-22)33(17-23-10-12-24(30)13-11-23)27(34)18-36-25-14-20(3)28(31)21(4)15-25/h5-15,19,26H,16-18H2,1-4H3,(H,32,35)/t26-/m0/s1. The highest BCUT2D eigenvalue weighted by Crippen LogP contribution is 2.26. The number of carbonyl (C=O) groups excluding carboxylic acids is 2. The summed E-state index contributed by atoms with van der Waals surface area (Å²) in [6.45, 7) is 7.69. The fraction of sp³-hybridized carbons (Fsp3) is 0.310. The number of amides is 2. The van der Waals surface area contributed by atoms with Crippen molar-refractivity contribution in [2.45, 2.75) is 52.7 Å². The minimum atomic E-state index is -0.705. The molecule has 0 saturated carbocycles. The molecule has 0 aromatic heterocycles. The van der Waals surface area contributed by atoms with Crippen LogP contribution in [0.25, 0.3) is 0 Å². The zero-order valence-electron chi connectivity index (χ0n) is 21.1. The largest absolute Gasteiger partial charge is 0.484 e. The van der Waals surface area contributed by atoms with E-state index in [0.717, 1.165) is 26.7 Å². The number of hydrogen-bond donors (Lipinski definition) is 1. The minimum absolute atomic E-state index is 0.0586. The van der Waals surface area contributed by atoms with Gasteiger partial charge in [-0.2, -0.15) is 0 Å². The molecule has 190 valence electrons. The molecule has 5 nitrogen and oxygen atoms in total. The number of ether oxygens (including phenoxy) is 1. The molecule has 36 heavy (non-hydrogen) atoms. The van der Waals surface area contributed by atoms with Gasteiger partial charge in [-0.3, -0.25) is 9.59 Å². The molecule has 0 radical (unpaired) electrons. The molecule has 0 heterocycles. The first-order valence-corrected chi connectivity index (χ1v) is 13.1. The molecule has 3 aromatic carbocycles. The summed E-state index contributed by atoms with van der Waals surface area (Å²) in [5.41, 5.74) is 3.65. The Morgan fingerprint density at radius 2 is 1.58 bits per heavy atom. The summed E-state index contributed by atoms with van der Waals surface area (Å²) in [4.78, 5) is 28.6. The van der Waals surface area contributed by atoms with Crippen LogP contribution in [0.3, 0.4) is 0 Å². The lowest BCUT2D eigenvalue weighted by atomic mass is 10.0. The fourth-order valence-electron chi connectivity index (χ4n) is 3.94. The highest BCUT2D eigenvalue weighted by Gasteiger charge is 2.31. The van der Waals surface area contributed by atoms with Crippen LogP contribution in [0.15, 0.2) is 71.2 Å². The lowest BCUT2D eigenvalue weighted by molar-refractivity contribution is -0.143. The number of hydrogen-bond acceptors (Lipinski definition) is 3. The third kappa shape index (κ3) is 7.84. The molecule has 3 rings (SSSR count). The number of aryl methyl sites for hydroxylation is 2. The fourth-order valence-corrected chi connectivity index (χ4v) is 4.31. The summed E-state index contributed by atoms with van der Waals surface area (Å²) >= 11 is 9.74. The first-order chi connectivity index (χ1) is 17.1. The van der Waals surface area contributed by atoms with E-state index >= 15 is 0 Å². The summed E-state index contributed by atoms with van der Waals surface area (Å²) in [5.74, 6) is 0.0955. The summed E-state index contributed by atoms with van der Waals surface area (Å²) in [6.07, 6.45) is 0.390. The molecule has 0 saturated heterocycles. The smallest absolute Gasteiger partial charge is 0.261 e. The maximum absolute atomic E-state index is 13.6. The lowest BCUT2D eigenvalue weighted by Crippen LogP contribution is -2.52. The molecule has 2 amide bonds. The van der Waals surface area contributed by atoms with Gasteiger partial charge >= 0.3 is 0 Å². The number of benzene rings is 3. The minimum Gasteiger partial charge on any atom is -0.484 e. The molecule has 0 unspecified atom stereocenters. The van der Waals surface area contributed by atoms with Gasteiger partial charge in [-0.25, -0.2) is 0 Å². The monoisotopic (exact) mass is 570 g/mol. The lowest BCUT2D eigenvalue weighted by Gasteiger charge is -2.32. The summed E-state index contributed by atoms with van der Waals surface area (Å²) in [7, 11) is 0. The summed E-state index contributed by atoms with van der Waals surface area (Å²) in [5, 5.41) is 3.67. The molecule has 1 N–H and O–H groups in total. The van der Waals surface area contributed by atoms with Crippen molar-refractivity contribution in [3.05, 3.63) is 98.5 Å². The molecule has 0 aliphatic heterocycles. The second-order valence-corrected chi connectivity index (χ2v) is 10.5. The van der Waals surface area contributed by atoms with Crippen LogP contribution in [0.2, 0.25) is 5.02 Å². The molecular weight excluding hydrogens is 540 g/mol. The van der Waals surface area contributed by atoms with Gasteiger partial charge in [0.1, 0.15) is 11.8 Å². The van der Waals surface area contributed by atoms with Crippen LogP contribution in [0.5, 0.6) is 5.75 Å². The van der Waals surface area contributed by atoms with Gasteiger partial charge in [0.2, 0.25) is 5.91 Å². The number of carbonyl (C=O) groups is 2. The third-order valence-corrected chi connectivity index (χ3v) is 6.87. The Hall–Kier alpha value is -2.83. The predicted molar refractivity (Wildman–Crippen MR) is 148 cm³/mol. The average molecular weight is 572 g/mol. The van der Waals surface area contributed by atoms with Crippen LogP contribution in [0.1, 0.15) is 36.1 Å².